The van der Waals surface area contributed by atoms with E-state index in [1.54, 1.807) is 0 Å². The van der Waals surface area contributed by atoms with Gasteiger partial charge in [0.05, 0.1) is 0 Å². The first kappa shape index (κ1) is 14.0. The Morgan fingerprint density at radius 3 is 1.94 bits per heavy atom. The van der Waals surface area contributed by atoms with E-state index in [0.717, 1.165) is 12.1 Å². The molecule has 0 radical (unpaired) electrons. The molecule has 0 aliphatic heterocycles. The van der Waals surface area contributed by atoms with E-state index in [0.29, 0.717) is 0 Å². The van der Waals surface area contributed by atoms with Crippen LogP contribution in [0.3, 0.4) is 0 Å². The van der Waals surface area contributed by atoms with Crippen LogP contribution in [-0.4, -0.2) is 49.1 Å². The maximum absolute atomic E-state index is 2.70. The average molecular weight is 226 g/mol. The van der Waals surface area contributed by atoms with Crippen LogP contribution in [0, 0.1) is 0 Å². The van der Waals surface area contributed by atoms with Crippen molar-refractivity contribution in [2.75, 3.05) is 27.2 Å². The number of unbranched alkanes of at least 4 members (excludes halogenated alkanes) is 1. The molecule has 0 aromatic rings. The minimum Gasteiger partial charge on any atom is -0.306 e. The van der Waals surface area contributed by atoms with E-state index in [9.17, 15) is 0 Å². The van der Waals surface area contributed by atoms with Gasteiger partial charge in [-0.2, -0.15) is 0 Å². The van der Waals surface area contributed by atoms with Crippen LogP contribution in [0.4, 0.5) is 0 Å². The molecule has 0 saturated heterocycles. The summed E-state index contributed by atoms with van der Waals surface area (Å²) in [6.07, 6.45) is 8.27. The number of hydrogen-bond donors (Lipinski definition) is 0. The summed E-state index contributed by atoms with van der Waals surface area (Å²) in [5.74, 6) is 0. The van der Waals surface area contributed by atoms with Crippen LogP contribution < -0.4 is 0 Å². The molecule has 0 atom stereocenters. The molecule has 2 nitrogen and oxygen atoms in total. The third-order valence-corrected chi connectivity index (χ3v) is 4.12. The van der Waals surface area contributed by atoms with Crippen LogP contribution in [0.1, 0.15) is 52.4 Å². The van der Waals surface area contributed by atoms with Gasteiger partial charge >= 0.3 is 0 Å². The summed E-state index contributed by atoms with van der Waals surface area (Å²) in [5, 5.41) is 0. The predicted molar refractivity (Wildman–Crippen MR) is 71.9 cm³/mol. The lowest BCUT2D eigenvalue weighted by Crippen LogP contribution is -2.42. The monoisotopic (exact) mass is 226 g/mol. The Labute approximate surface area is 102 Å². The maximum Gasteiger partial charge on any atom is 0.00963 e. The molecule has 0 N–H and O–H groups in total. The molecule has 0 aromatic carbocycles. The molecule has 0 amide bonds. The van der Waals surface area contributed by atoms with Gasteiger partial charge in [-0.1, -0.05) is 20.3 Å². The van der Waals surface area contributed by atoms with Crippen molar-refractivity contribution < 1.29 is 0 Å². The zero-order valence-corrected chi connectivity index (χ0v) is 11.7. The van der Waals surface area contributed by atoms with E-state index in [-0.39, 0.29) is 0 Å². The molecule has 0 unspecified atom stereocenters. The fourth-order valence-corrected chi connectivity index (χ4v) is 2.90. The zero-order chi connectivity index (χ0) is 12.0. The highest BCUT2D eigenvalue weighted by molar-refractivity contribution is 4.82. The van der Waals surface area contributed by atoms with Crippen LogP contribution in [0.25, 0.3) is 0 Å². The largest absolute Gasteiger partial charge is 0.306 e. The summed E-state index contributed by atoms with van der Waals surface area (Å²) in [5.41, 5.74) is 0. The van der Waals surface area contributed by atoms with Gasteiger partial charge in [0.2, 0.25) is 0 Å². The summed E-state index contributed by atoms with van der Waals surface area (Å²) in [7, 11) is 4.44. The molecule has 1 fully saturated rings. The fourth-order valence-electron chi connectivity index (χ4n) is 2.90. The SMILES string of the molecule is CCCCN(CC)C1CCC(N(C)C)CC1. The summed E-state index contributed by atoms with van der Waals surface area (Å²) in [6.45, 7) is 7.14. The van der Waals surface area contributed by atoms with E-state index in [4.69, 9.17) is 0 Å². The molecule has 0 spiro atoms. The maximum atomic E-state index is 2.70. The van der Waals surface area contributed by atoms with Gasteiger partial charge in [-0.05, 0) is 59.3 Å². The second-order valence-electron chi connectivity index (χ2n) is 5.41. The topological polar surface area (TPSA) is 6.48 Å². The van der Waals surface area contributed by atoms with Gasteiger partial charge in [-0.15, -0.1) is 0 Å². The van der Waals surface area contributed by atoms with Gasteiger partial charge in [0, 0.05) is 12.1 Å². The average Bonchev–Trinajstić information content (AvgIpc) is 2.30. The number of nitrogens with zero attached hydrogens (tertiary/aromatic N) is 2. The van der Waals surface area contributed by atoms with Gasteiger partial charge in [0.25, 0.3) is 0 Å². The van der Waals surface area contributed by atoms with Crippen LogP contribution in [0.15, 0.2) is 0 Å². The van der Waals surface area contributed by atoms with Crippen LogP contribution in [0.2, 0.25) is 0 Å². The van der Waals surface area contributed by atoms with Crippen LogP contribution in [-0.2, 0) is 0 Å². The molecule has 0 aromatic heterocycles. The summed E-state index contributed by atoms with van der Waals surface area (Å²) >= 11 is 0. The third-order valence-electron chi connectivity index (χ3n) is 4.12. The van der Waals surface area contributed by atoms with E-state index < -0.39 is 0 Å². The smallest absolute Gasteiger partial charge is 0.00963 e. The first-order chi connectivity index (χ1) is 7.69. The second kappa shape index (κ2) is 7.29. The highest BCUT2D eigenvalue weighted by Crippen LogP contribution is 2.25. The van der Waals surface area contributed by atoms with E-state index >= 15 is 0 Å². The van der Waals surface area contributed by atoms with Crippen molar-refractivity contribution in [1.29, 1.82) is 0 Å². The molecule has 16 heavy (non-hydrogen) atoms. The van der Waals surface area contributed by atoms with E-state index in [2.05, 4.69) is 37.7 Å². The summed E-state index contributed by atoms with van der Waals surface area (Å²) in [4.78, 5) is 5.11. The summed E-state index contributed by atoms with van der Waals surface area (Å²) < 4.78 is 0. The normalized spacial score (nSPS) is 26.6. The molecule has 1 aliphatic carbocycles. The standard InChI is InChI=1S/C14H30N2/c1-5-7-12-16(6-2)14-10-8-13(9-11-14)15(3)4/h13-14H,5-12H2,1-4H3. The highest BCUT2D eigenvalue weighted by Gasteiger charge is 2.25. The molecule has 1 rings (SSSR count). The lowest BCUT2D eigenvalue weighted by atomic mass is 9.89. The molecular weight excluding hydrogens is 196 g/mol. The van der Waals surface area contributed by atoms with Crippen molar-refractivity contribution in [2.45, 2.75) is 64.5 Å². The Balaban J connectivity index is 2.32. The Bertz CT molecular complexity index is 172. The second-order valence-corrected chi connectivity index (χ2v) is 5.41. The van der Waals surface area contributed by atoms with Gasteiger partial charge in [-0.3, -0.25) is 0 Å². The van der Waals surface area contributed by atoms with Crippen molar-refractivity contribution in [2.24, 2.45) is 0 Å². The molecule has 96 valence electrons. The number of hydrogen-bond acceptors (Lipinski definition) is 2. The van der Waals surface area contributed by atoms with E-state index in [1.165, 1.54) is 51.6 Å². The molecule has 1 saturated carbocycles. The highest BCUT2D eigenvalue weighted by atomic mass is 15.2. The van der Waals surface area contributed by atoms with Crippen molar-refractivity contribution in [3.05, 3.63) is 0 Å². The Hall–Kier alpha value is -0.0800. The molecular formula is C14H30N2. The van der Waals surface area contributed by atoms with E-state index in [1.807, 2.05) is 0 Å². The van der Waals surface area contributed by atoms with Gasteiger partial charge in [-0.25, -0.2) is 0 Å². The fraction of sp³-hybridized carbons (Fsp3) is 1.00. The summed E-state index contributed by atoms with van der Waals surface area (Å²) in [6, 6.07) is 1.70. The van der Waals surface area contributed by atoms with Crippen LogP contribution in [0.5, 0.6) is 0 Å². The van der Waals surface area contributed by atoms with Crippen molar-refractivity contribution in [1.82, 2.24) is 9.80 Å². The van der Waals surface area contributed by atoms with Crippen molar-refractivity contribution >= 4 is 0 Å². The first-order valence-corrected chi connectivity index (χ1v) is 7.09. The quantitative estimate of drug-likeness (QED) is 0.687. The van der Waals surface area contributed by atoms with Gasteiger partial charge in [0.1, 0.15) is 0 Å². The predicted octanol–water partition coefficient (Wildman–Crippen LogP) is 2.98. The van der Waals surface area contributed by atoms with Crippen molar-refractivity contribution in [3.63, 3.8) is 0 Å². The molecule has 0 bridgehead atoms. The lowest BCUT2D eigenvalue weighted by Gasteiger charge is -2.38. The Morgan fingerprint density at radius 2 is 1.50 bits per heavy atom. The Morgan fingerprint density at radius 1 is 0.938 bits per heavy atom. The Kier molecular flexibility index (Phi) is 6.37. The third kappa shape index (κ3) is 4.06. The van der Waals surface area contributed by atoms with Crippen molar-refractivity contribution in [3.8, 4) is 0 Å². The lowest BCUT2D eigenvalue weighted by molar-refractivity contribution is 0.121. The minimum atomic E-state index is 0.834. The molecule has 0 heterocycles. The zero-order valence-electron chi connectivity index (χ0n) is 11.7. The number of rotatable bonds is 6. The van der Waals surface area contributed by atoms with Gasteiger partial charge < -0.3 is 9.80 Å². The van der Waals surface area contributed by atoms with Crippen LogP contribution >= 0.6 is 0 Å². The van der Waals surface area contributed by atoms with Gasteiger partial charge in [0.15, 0.2) is 0 Å². The molecule has 2 heteroatoms. The minimum absolute atomic E-state index is 0.834. The first-order valence-electron chi connectivity index (χ1n) is 7.09. The molecule has 1 aliphatic rings.